The fourth-order valence-electron chi connectivity index (χ4n) is 3.35. The van der Waals surface area contributed by atoms with Gasteiger partial charge >= 0.3 is 0 Å². The Hall–Kier alpha value is -2.89. The van der Waals surface area contributed by atoms with E-state index >= 15 is 0 Å². The van der Waals surface area contributed by atoms with Gasteiger partial charge < -0.3 is 15.1 Å². The maximum absolute atomic E-state index is 12.7. The van der Waals surface area contributed by atoms with Gasteiger partial charge in [-0.2, -0.15) is 0 Å². The number of amides is 2. The molecule has 1 N–H and O–H groups in total. The van der Waals surface area contributed by atoms with Crippen LogP contribution in [0.3, 0.4) is 0 Å². The summed E-state index contributed by atoms with van der Waals surface area (Å²) in [6.07, 6.45) is 2.53. The summed E-state index contributed by atoms with van der Waals surface area (Å²) in [4.78, 5) is 31.8. The van der Waals surface area contributed by atoms with Crippen molar-refractivity contribution in [2.75, 3.05) is 36.4 Å². The topological polar surface area (TPSA) is 65.5 Å². The van der Waals surface area contributed by atoms with Gasteiger partial charge in [0.05, 0.1) is 0 Å². The Balaban J connectivity index is 1.76. The number of anilines is 2. The van der Waals surface area contributed by atoms with Crippen molar-refractivity contribution in [3.8, 4) is 0 Å². The first-order valence-corrected chi connectivity index (χ1v) is 8.77. The molecule has 1 aliphatic rings. The zero-order valence-electron chi connectivity index (χ0n) is 15.5. The molecule has 26 heavy (non-hydrogen) atoms. The maximum atomic E-state index is 12.7. The van der Waals surface area contributed by atoms with E-state index < -0.39 is 0 Å². The van der Waals surface area contributed by atoms with Crippen LogP contribution in [0.1, 0.15) is 27.0 Å². The van der Waals surface area contributed by atoms with E-state index in [0.29, 0.717) is 31.7 Å². The fourth-order valence-corrected chi connectivity index (χ4v) is 3.35. The molecule has 1 aromatic carbocycles. The molecule has 3 rings (SSSR count). The molecular formula is C20H24N4O2. The van der Waals surface area contributed by atoms with E-state index in [4.69, 9.17) is 0 Å². The predicted molar refractivity (Wildman–Crippen MR) is 103 cm³/mol. The molecule has 6 nitrogen and oxygen atoms in total. The number of hydrogen-bond acceptors (Lipinski definition) is 4. The average Bonchev–Trinajstić information content (AvgIpc) is 2.64. The van der Waals surface area contributed by atoms with E-state index in [-0.39, 0.29) is 5.91 Å². The second-order valence-corrected chi connectivity index (χ2v) is 6.76. The summed E-state index contributed by atoms with van der Waals surface area (Å²) < 4.78 is 0. The van der Waals surface area contributed by atoms with E-state index in [1.165, 1.54) is 5.56 Å². The second-order valence-electron chi connectivity index (χ2n) is 6.76. The molecule has 2 aromatic rings. The molecule has 136 valence electrons. The van der Waals surface area contributed by atoms with Crippen LogP contribution in [0.5, 0.6) is 0 Å². The highest BCUT2D eigenvalue weighted by Crippen LogP contribution is 2.23. The minimum Gasteiger partial charge on any atom is -0.353 e. The molecule has 0 aliphatic carbocycles. The molecule has 0 spiro atoms. The molecule has 0 unspecified atom stereocenters. The molecule has 6 heteroatoms. The smallest absolute Gasteiger partial charge is 0.255 e. The third kappa shape index (κ3) is 3.85. The highest BCUT2D eigenvalue weighted by atomic mass is 16.1. The Bertz CT molecular complexity index is 803. The minimum atomic E-state index is -0.143. The van der Waals surface area contributed by atoms with Gasteiger partial charge in [0, 0.05) is 43.6 Å². The van der Waals surface area contributed by atoms with Crippen molar-refractivity contribution in [3.63, 3.8) is 0 Å². The standard InChI is InChI=1S/C20H24N4O2/c1-14-10-15(2)19(16(3)11-14)22-20(26)17-4-5-21-18(12-17)24-8-6-23(13-25)7-9-24/h4-5,10-13H,6-9H2,1-3H3,(H,22,26). The van der Waals surface area contributed by atoms with E-state index in [9.17, 15) is 9.59 Å². The zero-order valence-corrected chi connectivity index (χ0v) is 15.5. The van der Waals surface area contributed by atoms with Crippen molar-refractivity contribution in [1.29, 1.82) is 0 Å². The Morgan fingerprint density at radius 1 is 1.08 bits per heavy atom. The monoisotopic (exact) mass is 352 g/mol. The third-order valence-electron chi connectivity index (χ3n) is 4.71. The number of piperazine rings is 1. The SMILES string of the molecule is Cc1cc(C)c(NC(=O)c2ccnc(N3CCN(C=O)CC3)c2)c(C)c1. The Labute approximate surface area is 153 Å². The van der Waals surface area contributed by atoms with Crippen molar-refractivity contribution in [3.05, 3.63) is 52.7 Å². The molecule has 1 saturated heterocycles. The third-order valence-corrected chi connectivity index (χ3v) is 4.71. The Morgan fingerprint density at radius 2 is 1.73 bits per heavy atom. The molecule has 0 radical (unpaired) electrons. The molecular weight excluding hydrogens is 328 g/mol. The van der Waals surface area contributed by atoms with Crippen LogP contribution in [-0.2, 0) is 4.79 Å². The molecule has 0 bridgehead atoms. The number of aryl methyl sites for hydroxylation is 3. The van der Waals surface area contributed by atoms with Crippen LogP contribution in [0.25, 0.3) is 0 Å². The van der Waals surface area contributed by atoms with Crippen LogP contribution in [0.4, 0.5) is 11.5 Å². The number of rotatable bonds is 4. The van der Waals surface area contributed by atoms with E-state index in [1.807, 2.05) is 26.8 Å². The molecule has 1 fully saturated rings. The van der Waals surface area contributed by atoms with Crippen molar-refractivity contribution in [1.82, 2.24) is 9.88 Å². The normalized spacial score (nSPS) is 14.3. The summed E-state index contributed by atoms with van der Waals surface area (Å²) in [7, 11) is 0. The van der Waals surface area contributed by atoms with E-state index in [2.05, 4.69) is 27.3 Å². The first kappa shape index (κ1) is 17.9. The quantitative estimate of drug-likeness (QED) is 0.859. The van der Waals surface area contributed by atoms with E-state index in [1.54, 1.807) is 17.2 Å². The minimum absolute atomic E-state index is 0.143. The van der Waals surface area contributed by atoms with Crippen molar-refractivity contribution < 1.29 is 9.59 Å². The summed E-state index contributed by atoms with van der Waals surface area (Å²) in [6.45, 7) is 8.82. The van der Waals surface area contributed by atoms with Crippen LogP contribution >= 0.6 is 0 Å². The Kier molecular flexibility index (Phi) is 5.21. The number of nitrogens with one attached hydrogen (secondary N) is 1. The van der Waals surface area contributed by atoms with Gasteiger partial charge in [-0.25, -0.2) is 4.98 Å². The molecule has 1 aliphatic heterocycles. The fraction of sp³-hybridized carbons (Fsp3) is 0.350. The number of aromatic nitrogens is 1. The van der Waals surface area contributed by atoms with Crippen LogP contribution in [0.2, 0.25) is 0 Å². The lowest BCUT2D eigenvalue weighted by molar-refractivity contribution is -0.118. The largest absolute Gasteiger partial charge is 0.353 e. The number of benzene rings is 1. The molecule has 2 heterocycles. The molecule has 1 aromatic heterocycles. The molecule has 0 saturated carbocycles. The van der Waals surface area contributed by atoms with Crippen LogP contribution < -0.4 is 10.2 Å². The zero-order chi connectivity index (χ0) is 18.7. The number of pyridine rings is 1. The van der Waals surface area contributed by atoms with Gasteiger partial charge in [-0.1, -0.05) is 17.7 Å². The van der Waals surface area contributed by atoms with Gasteiger partial charge in [0.15, 0.2) is 0 Å². The van der Waals surface area contributed by atoms with Gasteiger partial charge in [0.2, 0.25) is 6.41 Å². The summed E-state index contributed by atoms with van der Waals surface area (Å²) in [6, 6.07) is 7.66. The van der Waals surface area contributed by atoms with Gasteiger partial charge in [0.1, 0.15) is 5.82 Å². The first-order valence-electron chi connectivity index (χ1n) is 8.77. The summed E-state index contributed by atoms with van der Waals surface area (Å²) in [5.41, 5.74) is 4.72. The highest BCUT2D eigenvalue weighted by molar-refractivity contribution is 6.05. The lowest BCUT2D eigenvalue weighted by Gasteiger charge is -2.33. The number of carbonyl (C=O) groups is 2. The lowest BCUT2D eigenvalue weighted by atomic mass is 10.0. The highest BCUT2D eigenvalue weighted by Gasteiger charge is 2.18. The Morgan fingerprint density at radius 3 is 2.35 bits per heavy atom. The van der Waals surface area contributed by atoms with Crippen molar-refractivity contribution in [2.24, 2.45) is 0 Å². The molecule has 0 atom stereocenters. The van der Waals surface area contributed by atoms with Gasteiger partial charge in [0.25, 0.3) is 5.91 Å². The number of nitrogens with zero attached hydrogens (tertiary/aromatic N) is 3. The van der Waals surface area contributed by atoms with Crippen LogP contribution in [-0.4, -0.2) is 48.4 Å². The predicted octanol–water partition coefficient (Wildman–Crippen LogP) is 2.54. The first-order chi connectivity index (χ1) is 12.5. The number of carbonyl (C=O) groups excluding carboxylic acids is 2. The number of hydrogen-bond donors (Lipinski definition) is 1. The van der Waals surface area contributed by atoms with E-state index in [0.717, 1.165) is 29.0 Å². The van der Waals surface area contributed by atoms with Crippen LogP contribution in [0, 0.1) is 20.8 Å². The van der Waals surface area contributed by atoms with Crippen molar-refractivity contribution in [2.45, 2.75) is 20.8 Å². The van der Waals surface area contributed by atoms with Gasteiger partial charge in [-0.3, -0.25) is 9.59 Å². The molecule has 2 amide bonds. The summed E-state index contributed by atoms with van der Waals surface area (Å²) in [5, 5.41) is 3.03. The van der Waals surface area contributed by atoms with Gasteiger partial charge in [-0.05, 0) is 44.0 Å². The maximum Gasteiger partial charge on any atom is 0.255 e. The average molecular weight is 352 g/mol. The van der Waals surface area contributed by atoms with Gasteiger partial charge in [-0.15, -0.1) is 0 Å². The summed E-state index contributed by atoms with van der Waals surface area (Å²) in [5.74, 6) is 0.621. The lowest BCUT2D eigenvalue weighted by Crippen LogP contribution is -2.46. The van der Waals surface area contributed by atoms with Crippen LogP contribution in [0.15, 0.2) is 30.5 Å². The second kappa shape index (κ2) is 7.56. The summed E-state index contributed by atoms with van der Waals surface area (Å²) >= 11 is 0. The van der Waals surface area contributed by atoms with Crippen molar-refractivity contribution >= 4 is 23.8 Å².